The molecule has 7 aromatic rings. The van der Waals surface area contributed by atoms with Crippen LogP contribution in [0.25, 0.3) is 66.8 Å². The summed E-state index contributed by atoms with van der Waals surface area (Å²) < 4.78 is 6.13. The molecule has 0 atom stereocenters. The van der Waals surface area contributed by atoms with Gasteiger partial charge < -0.3 is 9.52 Å². The van der Waals surface area contributed by atoms with Gasteiger partial charge >= 0.3 is 0 Å². The SMILES string of the molecule is Cc1cc(-c2cccc3oc(-c4ccccc4O)nc23)cc(-c2cc(C(C)(C)C)cc3c(-c4ccccc4)ccnc23)c1. The lowest BCUT2D eigenvalue weighted by atomic mass is 9.82. The summed E-state index contributed by atoms with van der Waals surface area (Å²) in [5.74, 6) is 0.538. The van der Waals surface area contributed by atoms with E-state index < -0.39 is 0 Å². The zero-order valence-electron chi connectivity index (χ0n) is 24.7. The Hall–Kier alpha value is -5.22. The van der Waals surface area contributed by atoms with Gasteiger partial charge in [-0.1, -0.05) is 87.5 Å². The highest BCUT2D eigenvalue weighted by molar-refractivity contribution is 6.03. The molecule has 0 fully saturated rings. The van der Waals surface area contributed by atoms with Crippen LogP contribution in [0.2, 0.25) is 0 Å². The molecule has 0 aliphatic heterocycles. The van der Waals surface area contributed by atoms with E-state index in [1.807, 2.05) is 36.5 Å². The first kappa shape index (κ1) is 26.7. The number of oxazole rings is 1. The van der Waals surface area contributed by atoms with Crippen molar-refractivity contribution < 1.29 is 9.52 Å². The lowest BCUT2D eigenvalue weighted by Gasteiger charge is -2.22. The van der Waals surface area contributed by atoms with Crippen LogP contribution in [0.5, 0.6) is 5.75 Å². The monoisotopic (exact) mass is 560 g/mol. The minimum absolute atomic E-state index is 0.0505. The molecule has 210 valence electrons. The number of hydrogen-bond acceptors (Lipinski definition) is 4. The number of phenols is 1. The number of phenolic OH excluding ortho intramolecular Hbond substituents is 1. The summed E-state index contributed by atoms with van der Waals surface area (Å²) in [6, 6.07) is 37.0. The van der Waals surface area contributed by atoms with Gasteiger partial charge in [-0.05, 0) is 88.2 Å². The number of aromatic hydroxyl groups is 1. The van der Waals surface area contributed by atoms with Gasteiger partial charge in [0.25, 0.3) is 0 Å². The fourth-order valence-electron chi connectivity index (χ4n) is 5.82. The van der Waals surface area contributed by atoms with Crippen molar-refractivity contribution in [1.82, 2.24) is 9.97 Å². The maximum atomic E-state index is 10.4. The normalized spacial score (nSPS) is 11.8. The number of rotatable bonds is 4. The van der Waals surface area contributed by atoms with Crippen molar-refractivity contribution in [3.05, 3.63) is 127 Å². The minimum Gasteiger partial charge on any atom is -0.507 e. The third-order valence-corrected chi connectivity index (χ3v) is 8.05. The largest absolute Gasteiger partial charge is 0.507 e. The predicted molar refractivity (Wildman–Crippen MR) is 176 cm³/mol. The molecule has 4 heteroatoms. The molecule has 0 unspecified atom stereocenters. The first-order chi connectivity index (χ1) is 20.8. The zero-order valence-corrected chi connectivity index (χ0v) is 24.7. The first-order valence-electron chi connectivity index (χ1n) is 14.6. The Kier molecular flexibility index (Phi) is 6.36. The lowest BCUT2D eigenvalue weighted by Crippen LogP contribution is -2.11. The van der Waals surface area contributed by atoms with Crippen LogP contribution in [-0.2, 0) is 5.41 Å². The van der Waals surface area contributed by atoms with Crippen molar-refractivity contribution in [3.63, 3.8) is 0 Å². The maximum absolute atomic E-state index is 10.4. The molecule has 0 bridgehead atoms. The quantitative estimate of drug-likeness (QED) is 0.233. The molecule has 0 radical (unpaired) electrons. The van der Waals surface area contributed by atoms with Crippen molar-refractivity contribution in [2.75, 3.05) is 0 Å². The fourth-order valence-corrected chi connectivity index (χ4v) is 5.82. The van der Waals surface area contributed by atoms with Gasteiger partial charge in [0, 0.05) is 22.7 Å². The van der Waals surface area contributed by atoms with E-state index >= 15 is 0 Å². The molecule has 0 amide bonds. The van der Waals surface area contributed by atoms with E-state index in [9.17, 15) is 5.11 Å². The van der Waals surface area contributed by atoms with Gasteiger partial charge in [-0.2, -0.15) is 0 Å². The molecule has 4 nitrogen and oxygen atoms in total. The third-order valence-electron chi connectivity index (χ3n) is 8.05. The van der Waals surface area contributed by atoms with E-state index in [1.54, 1.807) is 12.1 Å². The van der Waals surface area contributed by atoms with Crippen LogP contribution in [-0.4, -0.2) is 15.1 Å². The highest BCUT2D eigenvalue weighted by atomic mass is 16.3. The summed E-state index contributed by atoms with van der Waals surface area (Å²) in [5.41, 5.74) is 11.9. The molecule has 0 spiro atoms. The predicted octanol–water partition coefficient (Wildman–Crippen LogP) is 10.4. The summed E-state index contributed by atoms with van der Waals surface area (Å²) in [4.78, 5) is 9.80. The van der Waals surface area contributed by atoms with Gasteiger partial charge in [-0.25, -0.2) is 4.98 Å². The van der Waals surface area contributed by atoms with Crippen LogP contribution in [0.15, 0.2) is 120 Å². The average Bonchev–Trinajstić information content (AvgIpc) is 3.44. The molecule has 0 aliphatic carbocycles. The number of aromatic nitrogens is 2. The van der Waals surface area contributed by atoms with Crippen LogP contribution in [0.4, 0.5) is 0 Å². The van der Waals surface area contributed by atoms with E-state index in [0.29, 0.717) is 17.0 Å². The van der Waals surface area contributed by atoms with E-state index in [4.69, 9.17) is 14.4 Å². The zero-order chi connectivity index (χ0) is 29.7. The maximum Gasteiger partial charge on any atom is 0.231 e. The van der Waals surface area contributed by atoms with Gasteiger partial charge in [0.2, 0.25) is 5.89 Å². The van der Waals surface area contributed by atoms with Gasteiger partial charge in [0.15, 0.2) is 5.58 Å². The lowest BCUT2D eigenvalue weighted by molar-refractivity contribution is 0.474. The van der Waals surface area contributed by atoms with Gasteiger partial charge in [0.05, 0.1) is 11.1 Å². The number of hydrogen-bond donors (Lipinski definition) is 1. The van der Waals surface area contributed by atoms with E-state index in [1.165, 1.54) is 16.7 Å². The molecular weight excluding hydrogens is 528 g/mol. The first-order valence-corrected chi connectivity index (χ1v) is 14.6. The Balaban J connectivity index is 1.44. The highest BCUT2D eigenvalue weighted by Gasteiger charge is 2.21. The molecule has 2 aromatic heterocycles. The van der Waals surface area contributed by atoms with Crippen molar-refractivity contribution in [2.24, 2.45) is 0 Å². The molecule has 2 heterocycles. The summed E-state index contributed by atoms with van der Waals surface area (Å²) in [6.07, 6.45) is 1.91. The van der Waals surface area contributed by atoms with Crippen molar-refractivity contribution in [1.29, 1.82) is 0 Å². The summed E-state index contributed by atoms with van der Waals surface area (Å²) in [7, 11) is 0. The number of aryl methyl sites for hydroxylation is 1. The number of para-hydroxylation sites is 2. The van der Waals surface area contributed by atoms with Crippen LogP contribution < -0.4 is 0 Å². The van der Waals surface area contributed by atoms with Gasteiger partial charge in [-0.15, -0.1) is 0 Å². The second kappa shape index (κ2) is 10.2. The smallest absolute Gasteiger partial charge is 0.231 e. The van der Waals surface area contributed by atoms with Crippen molar-refractivity contribution in [2.45, 2.75) is 33.1 Å². The standard InChI is InChI=1S/C39H32N2O2/c1-24-19-26(30-14-10-16-35-37(30)41-38(43-35)31-13-8-9-15-34(31)42)21-27(20-24)32-22-28(39(2,3)4)23-33-29(17-18-40-36(32)33)25-11-6-5-7-12-25/h5-23,42H,1-4H3. The van der Waals surface area contributed by atoms with Gasteiger partial charge in [-0.3, -0.25) is 4.98 Å². The number of fused-ring (bicyclic) bond motifs is 2. The minimum atomic E-state index is -0.0505. The Morgan fingerprint density at radius 1 is 0.628 bits per heavy atom. The molecule has 1 N–H and O–H groups in total. The van der Waals surface area contributed by atoms with Crippen LogP contribution >= 0.6 is 0 Å². The molecule has 0 saturated carbocycles. The third kappa shape index (κ3) is 4.85. The molecule has 0 aliphatic rings. The van der Waals surface area contributed by atoms with Crippen LogP contribution in [0.1, 0.15) is 31.9 Å². The molecule has 5 aromatic carbocycles. The Labute approximate surface area is 251 Å². The molecule has 7 rings (SSSR count). The second-order valence-electron chi connectivity index (χ2n) is 12.2. The summed E-state index contributed by atoms with van der Waals surface area (Å²) >= 11 is 0. The Morgan fingerprint density at radius 3 is 2.12 bits per heavy atom. The van der Waals surface area contributed by atoms with E-state index in [0.717, 1.165) is 44.2 Å². The molecular formula is C39H32N2O2. The number of pyridine rings is 1. The Bertz CT molecular complexity index is 2140. The topological polar surface area (TPSA) is 59.2 Å². The van der Waals surface area contributed by atoms with E-state index in [2.05, 4.69) is 94.4 Å². The molecule has 43 heavy (non-hydrogen) atoms. The van der Waals surface area contributed by atoms with E-state index in [-0.39, 0.29) is 11.2 Å². The molecule has 0 saturated heterocycles. The average molecular weight is 561 g/mol. The van der Waals surface area contributed by atoms with Crippen molar-refractivity contribution >= 4 is 22.0 Å². The highest BCUT2D eigenvalue weighted by Crippen LogP contribution is 2.40. The number of benzene rings is 5. The number of nitrogens with zero attached hydrogens (tertiary/aromatic N) is 2. The van der Waals surface area contributed by atoms with Crippen LogP contribution in [0, 0.1) is 6.92 Å². The Morgan fingerprint density at radius 2 is 1.35 bits per heavy atom. The van der Waals surface area contributed by atoms with Crippen molar-refractivity contribution in [3.8, 4) is 50.6 Å². The summed E-state index contributed by atoms with van der Waals surface area (Å²) in [5, 5.41) is 11.6. The second-order valence-corrected chi connectivity index (χ2v) is 12.2. The van der Waals surface area contributed by atoms with Gasteiger partial charge in [0.1, 0.15) is 11.3 Å². The fraction of sp³-hybridized carbons (Fsp3) is 0.128. The van der Waals surface area contributed by atoms with Crippen LogP contribution in [0.3, 0.4) is 0 Å². The summed E-state index contributed by atoms with van der Waals surface area (Å²) in [6.45, 7) is 8.89.